The third kappa shape index (κ3) is 6.88. The number of ether oxygens (including phenoxy) is 1. The molecule has 0 aromatic heterocycles. The molecule has 1 N–H and O–H groups in total. The first-order valence-corrected chi connectivity index (χ1v) is 11.7. The second-order valence-electron chi connectivity index (χ2n) is 7.44. The molecule has 33 heavy (non-hydrogen) atoms. The number of nitrogens with zero attached hydrogens (tertiary/aromatic N) is 1. The lowest BCUT2D eigenvalue weighted by Gasteiger charge is -2.25. The van der Waals surface area contributed by atoms with Crippen LogP contribution in [0, 0.1) is 17.5 Å². The van der Waals surface area contributed by atoms with E-state index in [1.54, 1.807) is 0 Å². The van der Waals surface area contributed by atoms with Crippen LogP contribution in [0.25, 0.3) is 0 Å². The summed E-state index contributed by atoms with van der Waals surface area (Å²) < 4.78 is 74.2. The highest BCUT2D eigenvalue weighted by molar-refractivity contribution is 7.89. The number of hydrogen-bond donors (Lipinski definition) is 1. The zero-order valence-electron chi connectivity index (χ0n) is 17.7. The van der Waals surface area contributed by atoms with Crippen LogP contribution >= 0.6 is 0 Å². The van der Waals surface area contributed by atoms with Crippen molar-refractivity contribution >= 4 is 10.0 Å². The first kappa shape index (κ1) is 24.9. The number of aliphatic hydroxyl groups excluding tert-OH is 1. The average Bonchev–Trinajstić information content (AvgIpc) is 2.78. The Balaban J connectivity index is 1.74. The van der Waals surface area contributed by atoms with Gasteiger partial charge in [0.05, 0.1) is 19.3 Å². The second kappa shape index (κ2) is 11.4. The van der Waals surface area contributed by atoms with E-state index in [2.05, 4.69) is 0 Å². The zero-order valence-corrected chi connectivity index (χ0v) is 18.5. The zero-order chi connectivity index (χ0) is 23.8. The Hall–Kier alpha value is -2.72. The molecule has 0 bridgehead atoms. The molecule has 0 saturated carbocycles. The lowest BCUT2D eigenvalue weighted by atomic mass is 10.1. The third-order valence-corrected chi connectivity index (χ3v) is 6.83. The minimum atomic E-state index is -4.62. The Kier molecular flexibility index (Phi) is 8.62. The molecule has 3 aromatic carbocycles. The molecule has 3 aromatic rings. The molecule has 3 rings (SSSR count). The molecule has 0 amide bonds. The maximum atomic E-state index is 14.3. The van der Waals surface area contributed by atoms with Crippen molar-refractivity contribution in [3.8, 4) is 0 Å². The summed E-state index contributed by atoms with van der Waals surface area (Å²) in [5.74, 6) is -2.89. The molecule has 9 heteroatoms. The van der Waals surface area contributed by atoms with Gasteiger partial charge in [-0.05, 0) is 41.8 Å². The summed E-state index contributed by atoms with van der Waals surface area (Å²) in [6.07, 6.45) is -1.10. The summed E-state index contributed by atoms with van der Waals surface area (Å²) in [7, 11) is -4.62. The van der Waals surface area contributed by atoms with Crippen molar-refractivity contribution in [2.24, 2.45) is 0 Å². The maximum absolute atomic E-state index is 14.3. The monoisotopic (exact) mass is 479 g/mol. The normalized spacial score (nSPS) is 12.8. The molecular formula is C24H24F3NO4S. The van der Waals surface area contributed by atoms with Crippen LogP contribution in [0.1, 0.15) is 11.1 Å². The molecule has 0 aliphatic rings. The average molecular weight is 480 g/mol. The largest absolute Gasteiger partial charge is 0.389 e. The lowest BCUT2D eigenvalue weighted by molar-refractivity contribution is 0.0203. The number of halogens is 3. The van der Waals surface area contributed by atoms with Crippen LogP contribution < -0.4 is 0 Å². The summed E-state index contributed by atoms with van der Waals surface area (Å²) in [5.41, 5.74) is 1.50. The first-order valence-electron chi connectivity index (χ1n) is 10.3. The van der Waals surface area contributed by atoms with E-state index in [1.165, 1.54) is 24.3 Å². The van der Waals surface area contributed by atoms with Crippen molar-refractivity contribution in [1.82, 2.24) is 4.31 Å². The highest BCUT2D eigenvalue weighted by Gasteiger charge is 2.32. The van der Waals surface area contributed by atoms with Crippen molar-refractivity contribution in [2.75, 3.05) is 19.7 Å². The molecule has 0 spiro atoms. The van der Waals surface area contributed by atoms with E-state index in [9.17, 15) is 26.7 Å². The SMILES string of the molecule is O=S(=O)(c1c(F)cccc1F)N(CCc1ccc(F)cc1)C[C@@H](O)COCc1ccccc1. The fraction of sp³-hybridized carbons (Fsp3) is 0.250. The van der Waals surface area contributed by atoms with Gasteiger partial charge < -0.3 is 9.84 Å². The van der Waals surface area contributed by atoms with E-state index in [1.807, 2.05) is 30.3 Å². The highest BCUT2D eigenvalue weighted by Crippen LogP contribution is 2.23. The molecule has 0 radical (unpaired) electrons. The predicted molar refractivity (Wildman–Crippen MR) is 117 cm³/mol. The van der Waals surface area contributed by atoms with Crippen LogP contribution in [0.5, 0.6) is 0 Å². The molecule has 0 fully saturated rings. The Morgan fingerprint density at radius 1 is 0.848 bits per heavy atom. The van der Waals surface area contributed by atoms with Crippen molar-refractivity contribution in [1.29, 1.82) is 0 Å². The smallest absolute Gasteiger partial charge is 0.249 e. The molecule has 0 saturated heterocycles. The van der Waals surface area contributed by atoms with Gasteiger partial charge in [0, 0.05) is 13.1 Å². The number of rotatable bonds is 11. The van der Waals surface area contributed by atoms with Gasteiger partial charge in [-0.25, -0.2) is 21.6 Å². The number of sulfonamides is 1. The standard InChI is InChI=1S/C24H24F3NO4S/c25-20-11-9-18(10-12-20)13-14-28(33(30,31)24-22(26)7-4-8-23(24)27)15-21(29)17-32-16-19-5-2-1-3-6-19/h1-12,21,29H,13-17H2/t21-/m1/s1. The summed E-state index contributed by atoms with van der Waals surface area (Å²) in [4.78, 5) is -1.08. The van der Waals surface area contributed by atoms with Crippen molar-refractivity contribution in [3.05, 3.63) is 101 Å². The van der Waals surface area contributed by atoms with Gasteiger partial charge >= 0.3 is 0 Å². The minimum Gasteiger partial charge on any atom is -0.389 e. The van der Waals surface area contributed by atoms with E-state index >= 15 is 0 Å². The summed E-state index contributed by atoms with van der Waals surface area (Å²) in [5, 5.41) is 10.4. The van der Waals surface area contributed by atoms with Gasteiger partial charge in [0.1, 0.15) is 17.5 Å². The van der Waals surface area contributed by atoms with Crippen molar-refractivity contribution in [2.45, 2.75) is 24.0 Å². The molecule has 5 nitrogen and oxygen atoms in total. The number of hydrogen-bond acceptors (Lipinski definition) is 4. The fourth-order valence-corrected chi connectivity index (χ4v) is 4.83. The molecule has 0 aliphatic carbocycles. The highest BCUT2D eigenvalue weighted by atomic mass is 32.2. The van der Waals surface area contributed by atoms with Crippen LogP contribution in [0.15, 0.2) is 77.7 Å². The molecule has 0 aliphatic heterocycles. The van der Waals surface area contributed by atoms with Crippen LogP contribution in [0.2, 0.25) is 0 Å². The van der Waals surface area contributed by atoms with E-state index < -0.39 is 45.0 Å². The van der Waals surface area contributed by atoms with Gasteiger partial charge in [-0.15, -0.1) is 0 Å². The predicted octanol–water partition coefficient (Wildman–Crippen LogP) is 3.92. The second-order valence-corrected chi connectivity index (χ2v) is 9.32. The van der Waals surface area contributed by atoms with Crippen molar-refractivity contribution < 1.29 is 31.4 Å². The van der Waals surface area contributed by atoms with Crippen molar-refractivity contribution in [3.63, 3.8) is 0 Å². The van der Waals surface area contributed by atoms with Gasteiger partial charge in [-0.3, -0.25) is 0 Å². The van der Waals surface area contributed by atoms with Gasteiger partial charge in [-0.1, -0.05) is 48.5 Å². The van der Waals surface area contributed by atoms with E-state index in [0.717, 1.165) is 28.1 Å². The Labute approximate surface area is 191 Å². The Morgan fingerprint density at radius 3 is 2.12 bits per heavy atom. The van der Waals surface area contributed by atoms with Gasteiger partial charge in [0.2, 0.25) is 10.0 Å². The van der Waals surface area contributed by atoms with E-state index in [4.69, 9.17) is 4.74 Å². The quantitative estimate of drug-likeness (QED) is 0.453. The van der Waals surface area contributed by atoms with Gasteiger partial charge in [-0.2, -0.15) is 4.31 Å². The Morgan fingerprint density at radius 2 is 1.48 bits per heavy atom. The summed E-state index contributed by atoms with van der Waals surface area (Å²) in [6, 6.07) is 17.4. The fourth-order valence-electron chi connectivity index (χ4n) is 3.25. The van der Waals surface area contributed by atoms with Crippen LogP contribution in [-0.4, -0.2) is 43.6 Å². The molecule has 0 heterocycles. The van der Waals surface area contributed by atoms with Crippen LogP contribution in [0.3, 0.4) is 0 Å². The molecule has 1 atom stereocenters. The summed E-state index contributed by atoms with van der Waals surface area (Å²) in [6.45, 7) is -0.594. The number of benzene rings is 3. The van der Waals surface area contributed by atoms with Gasteiger partial charge in [0.15, 0.2) is 4.90 Å². The van der Waals surface area contributed by atoms with Crippen LogP contribution in [-0.2, 0) is 27.8 Å². The van der Waals surface area contributed by atoms with E-state index in [-0.39, 0.29) is 26.2 Å². The van der Waals surface area contributed by atoms with E-state index in [0.29, 0.717) is 5.56 Å². The third-order valence-electron chi connectivity index (χ3n) is 4.92. The molecule has 0 unspecified atom stereocenters. The van der Waals surface area contributed by atoms with Crippen LogP contribution in [0.4, 0.5) is 13.2 Å². The first-order chi connectivity index (χ1) is 15.8. The lowest BCUT2D eigenvalue weighted by Crippen LogP contribution is -2.41. The molecule has 176 valence electrons. The Bertz CT molecular complexity index is 1120. The number of aliphatic hydroxyl groups is 1. The summed E-state index contributed by atoms with van der Waals surface area (Å²) >= 11 is 0. The minimum absolute atomic E-state index is 0.146. The maximum Gasteiger partial charge on any atom is 0.249 e. The van der Waals surface area contributed by atoms with Gasteiger partial charge in [0.25, 0.3) is 0 Å². The molecular weight excluding hydrogens is 455 g/mol. The topological polar surface area (TPSA) is 66.8 Å².